The van der Waals surface area contributed by atoms with Gasteiger partial charge in [-0.15, -0.1) is 5.92 Å². The summed E-state index contributed by atoms with van der Waals surface area (Å²) < 4.78 is 0. The SMILES string of the molecule is CC#Cc1cc(C)c(C2C(=O)CC(CC(=O)NCc3ccsc3)C2=O)c(C)c1. The van der Waals surface area contributed by atoms with Gasteiger partial charge in [0.2, 0.25) is 5.91 Å². The van der Waals surface area contributed by atoms with Gasteiger partial charge < -0.3 is 5.32 Å². The van der Waals surface area contributed by atoms with Crippen molar-refractivity contribution in [2.45, 2.75) is 46.1 Å². The van der Waals surface area contributed by atoms with E-state index in [9.17, 15) is 14.4 Å². The molecule has 1 amide bonds. The van der Waals surface area contributed by atoms with Crippen molar-refractivity contribution in [3.8, 4) is 11.8 Å². The topological polar surface area (TPSA) is 63.2 Å². The van der Waals surface area contributed by atoms with Crippen LogP contribution in [0.4, 0.5) is 0 Å². The Balaban J connectivity index is 1.73. The third-order valence-electron chi connectivity index (χ3n) is 5.11. The number of nitrogens with one attached hydrogen (secondary N) is 1. The number of hydrogen-bond acceptors (Lipinski definition) is 4. The number of thiophene rings is 1. The van der Waals surface area contributed by atoms with Gasteiger partial charge in [0.15, 0.2) is 5.78 Å². The second-order valence-electron chi connectivity index (χ2n) is 7.21. The van der Waals surface area contributed by atoms with Crippen molar-refractivity contribution in [3.63, 3.8) is 0 Å². The largest absolute Gasteiger partial charge is 0.352 e. The maximum absolute atomic E-state index is 13.0. The van der Waals surface area contributed by atoms with Gasteiger partial charge in [0.1, 0.15) is 11.7 Å². The van der Waals surface area contributed by atoms with Crippen molar-refractivity contribution in [1.82, 2.24) is 5.32 Å². The summed E-state index contributed by atoms with van der Waals surface area (Å²) in [5.74, 6) is 4.14. The van der Waals surface area contributed by atoms with Gasteiger partial charge in [-0.2, -0.15) is 11.3 Å². The van der Waals surface area contributed by atoms with E-state index in [0.717, 1.165) is 27.8 Å². The van der Waals surface area contributed by atoms with Crippen molar-refractivity contribution < 1.29 is 14.4 Å². The summed E-state index contributed by atoms with van der Waals surface area (Å²) in [7, 11) is 0. The summed E-state index contributed by atoms with van der Waals surface area (Å²) in [6.07, 6.45) is 0.188. The molecule has 1 aromatic carbocycles. The van der Waals surface area contributed by atoms with Gasteiger partial charge in [-0.25, -0.2) is 0 Å². The summed E-state index contributed by atoms with van der Waals surface area (Å²) in [4.78, 5) is 37.9. The third kappa shape index (κ3) is 4.23. The van der Waals surface area contributed by atoms with Gasteiger partial charge in [-0.05, 0) is 72.0 Å². The Morgan fingerprint density at radius 2 is 1.96 bits per heavy atom. The molecule has 1 fully saturated rings. The number of benzene rings is 1. The van der Waals surface area contributed by atoms with E-state index >= 15 is 0 Å². The summed E-state index contributed by atoms with van der Waals surface area (Å²) in [5, 5.41) is 6.76. The Hall–Kier alpha value is -2.71. The molecule has 3 rings (SSSR count). The van der Waals surface area contributed by atoms with Crippen LogP contribution in [0.5, 0.6) is 0 Å². The Morgan fingerprint density at radius 1 is 1.25 bits per heavy atom. The highest BCUT2D eigenvalue weighted by Gasteiger charge is 2.43. The van der Waals surface area contributed by atoms with Crippen LogP contribution in [0.15, 0.2) is 29.0 Å². The lowest BCUT2D eigenvalue weighted by Crippen LogP contribution is -2.27. The molecule has 1 N–H and O–H groups in total. The van der Waals surface area contributed by atoms with Crippen LogP contribution in [0, 0.1) is 31.6 Å². The maximum Gasteiger partial charge on any atom is 0.221 e. The van der Waals surface area contributed by atoms with Gasteiger partial charge in [0.05, 0.1) is 0 Å². The lowest BCUT2D eigenvalue weighted by molar-refractivity contribution is -0.128. The summed E-state index contributed by atoms with van der Waals surface area (Å²) in [6, 6.07) is 5.78. The quantitative estimate of drug-likeness (QED) is 0.623. The molecule has 0 saturated heterocycles. The van der Waals surface area contributed by atoms with Crippen molar-refractivity contribution in [2.75, 3.05) is 0 Å². The lowest BCUT2D eigenvalue weighted by atomic mass is 9.86. The van der Waals surface area contributed by atoms with Crippen molar-refractivity contribution in [2.24, 2.45) is 5.92 Å². The zero-order valence-electron chi connectivity index (χ0n) is 16.3. The molecular weight excluding hydrogens is 370 g/mol. The predicted molar refractivity (Wildman–Crippen MR) is 110 cm³/mol. The van der Waals surface area contributed by atoms with E-state index in [1.807, 2.05) is 42.8 Å². The van der Waals surface area contributed by atoms with Crippen LogP contribution >= 0.6 is 11.3 Å². The van der Waals surface area contributed by atoms with E-state index in [1.54, 1.807) is 18.3 Å². The number of ketones is 2. The van der Waals surface area contributed by atoms with Gasteiger partial charge in [-0.1, -0.05) is 5.92 Å². The number of rotatable bonds is 5. The summed E-state index contributed by atoms with van der Waals surface area (Å²) in [5.41, 5.74) is 4.48. The molecule has 0 bridgehead atoms. The standard InChI is InChI=1S/C23H23NO3S/c1-4-5-16-8-14(2)21(15(3)9-16)22-19(25)10-18(23(22)27)11-20(26)24-12-17-6-7-28-13-17/h6-9,13,18,22H,10-12H2,1-3H3,(H,24,26). The molecule has 5 heteroatoms. The fourth-order valence-electron chi connectivity index (χ4n) is 3.87. The predicted octanol–water partition coefficient (Wildman–Crippen LogP) is 3.68. The lowest BCUT2D eigenvalue weighted by Gasteiger charge is -2.16. The van der Waals surface area contributed by atoms with E-state index in [4.69, 9.17) is 0 Å². The normalized spacial score (nSPS) is 18.7. The Labute approximate surface area is 169 Å². The number of carbonyl (C=O) groups is 3. The molecule has 0 aliphatic heterocycles. The molecule has 1 aromatic heterocycles. The van der Waals surface area contributed by atoms with Crippen LogP contribution in [0.2, 0.25) is 0 Å². The van der Waals surface area contributed by atoms with E-state index < -0.39 is 11.8 Å². The Kier molecular flexibility index (Phi) is 6.11. The Bertz CT molecular complexity index is 956. The third-order valence-corrected chi connectivity index (χ3v) is 5.84. The number of hydrogen-bond donors (Lipinski definition) is 1. The highest BCUT2D eigenvalue weighted by atomic mass is 32.1. The highest BCUT2D eigenvalue weighted by molar-refractivity contribution is 7.07. The number of aryl methyl sites for hydroxylation is 2. The zero-order chi connectivity index (χ0) is 20.3. The first-order valence-corrected chi connectivity index (χ1v) is 10.2. The van der Waals surface area contributed by atoms with Crippen LogP contribution in [-0.2, 0) is 20.9 Å². The molecule has 2 atom stereocenters. The van der Waals surface area contributed by atoms with Crippen LogP contribution < -0.4 is 5.32 Å². The average molecular weight is 394 g/mol. The van der Waals surface area contributed by atoms with Crippen LogP contribution in [0.1, 0.15) is 53.5 Å². The van der Waals surface area contributed by atoms with Crippen LogP contribution in [-0.4, -0.2) is 17.5 Å². The molecule has 1 heterocycles. The summed E-state index contributed by atoms with van der Waals surface area (Å²) >= 11 is 1.57. The van der Waals surface area contributed by atoms with Gasteiger partial charge in [0.25, 0.3) is 0 Å². The average Bonchev–Trinajstić information content (AvgIpc) is 3.24. The minimum Gasteiger partial charge on any atom is -0.352 e. The maximum atomic E-state index is 13.0. The van der Waals surface area contributed by atoms with Gasteiger partial charge in [-0.3, -0.25) is 14.4 Å². The molecule has 2 unspecified atom stereocenters. The molecular formula is C23H23NO3S. The fraction of sp³-hybridized carbons (Fsp3) is 0.348. The first kappa shape index (κ1) is 20.0. The number of carbonyl (C=O) groups excluding carboxylic acids is 3. The first-order valence-electron chi connectivity index (χ1n) is 9.28. The molecule has 0 radical (unpaired) electrons. The number of Topliss-reactive ketones (excluding diaryl/α,β-unsaturated/α-hetero) is 2. The first-order chi connectivity index (χ1) is 13.4. The molecule has 0 spiro atoms. The van der Waals surface area contributed by atoms with Crippen LogP contribution in [0.3, 0.4) is 0 Å². The van der Waals surface area contributed by atoms with Crippen molar-refractivity contribution in [1.29, 1.82) is 0 Å². The van der Waals surface area contributed by atoms with Crippen molar-refractivity contribution >= 4 is 28.8 Å². The van der Waals surface area contributed by atoms with Crippen molar-refractivity contribution in [3.05, 3.63) is 56.8 Å². The molecule has 4 nitrogen and oxygen atoms in total. The molecule has 1 aliphatic rings. The summed E-state index contributed by atoms with van der Waals surface area (Å²) in [6.45, 7) is 6.03. The molecule has 1 aliphatic carbocycles. The molecule has 28 heavy (non-hydrogen) atoms. The smallest absolute Gasteiger partial charge is 0.221 e. The zero-order valence-corrected chi connectivity index (χ0v) is 17.1. The second kappa shape index (κ2) is 8.53. The second-order valence-corrected chi connectivity index (χ2v) is 7.99. The van der Waals surface area contributed by atoms with E-state index in [-0.39, 0.29) is 30.3 Å². The Morgan fingerprint density at radius 3 is 2.57 bits per heavy atom. The monoisotopic (exact) mass is 393 g/mol. The van der Waals surface area contributed by atoms with E-state index in [2.05, 4.69) is 17.2 Å². The van der Waals surface area contributed by atoms with E-state index in [0.29, 0.717) is 6.54 Å². The molecule has 1 saturated carbocycles. The van der Waals surface area contributed by atoms with Gasteiger partial charge in [0, 0.05) is 30.9 Å². The minimum absolute atomic E-state index is 0.0582. The fourth-order valence-corrected chi connectivity index (χ4v) is 4.54. The molecule has 2 aromatic rings. The minimum atomic E-state index is -0.765. The highest BCUT2D eigenvalue weighted by Crippen LogP contribution is 2.37. The van der Waals surface area contributed by atoms with E-state index in [1.165, 1.54) is 0 Å². The number of amides is 1. The van der Waals surface area contributed by atoms with Crippen LogP contribution in [0.25, 0.3) is 0 Å². The molecule has 144 valence electrons. The van der Waals surface area contributed by atoms with Gasteiger partial charge >= 0.3 is 0 Å².